The van der Waals surface area contributed by atoms with E-state index in [9.17, 15) is 18.4 Å². The molecule has 13 heteroatoms. The van der Waals surface area contributed by atoms with Crippen LogP contribution in [0.25, 0.3) is 16.9 Å². The number of carbonyl (C=O) groups excluding carboxylic acids is 2. The van der Waals surface area contributed by atoms with Crippen molar-refractivity contribution in [1.82, 2.24) is 29.3 Å². The lowest BCUT2D eigenvalue weighted by Gasteiger charge is -2.16. The van der Waals surface area contributed by atoms with Crippen LogP contribution in [-0.2, 0) is 4.79 Å². The predicted octanol–water partition coefficient (Wildman–Crippen LogP) is 3.75. The summed E-state index contributed by atoms with van der Waals surface area (Å²) in [5.74, 6) is -1.03. The van der Waals surface area contributed by atoms with Crippen molar-refractivity contribution in [1.29, 1.82) is 0 Å². The Kier molecular flexibility index (Phi) is 6.65. The van der Waals surface area contributed by atoms with Crippen molar-refractivity contribution < 1.29 is 23.1 Å². The molecule has 4 rings (SSSR count). The highest BCUT2D eigenvalue weighted by atomic mass is 35.5. The minimum atomic E-state index is -3.10. The van der Waals surface area contributed by atoms with Crippen LogP contribution in [0.4, 0.5) is 14.5 Å². The number of amides is 2. The average molecular weight is 504 g/mol. The van der Waals surface area contributed by atoms with Crippen molar-refractivity contribution in [3.8, 4) is 17.0 Å². The van der Waals surface area contributed by atoms with Crippen LogP contribution in [0, 0.1) is 0 Å². The Labute approximate surface area is 203 Å². The molecule has 0 radical (unpaired) electrons. The lowest BCUT2D eigenvalue weighted by molar-refractivity contribution is -0.131. The van der Waals surface area contributed by atoms with Crippen molar-refractivity contribution in [3.05, 3.63) is 59.6 Å². The minimum absolute atomic E-state index is 0.0827. The van der Waals surface area contributed by atoms with Gasteiger partial charge in [0.15, 0.2) is 5.65 Å². The standard InChI is InChI=1S/C22H20ClF2N7O3/c1-12(21(34)30(2)3)32-11-16(28-20(33)15-10-27-31-8-4-7-26-19(15)31)18(29-32)14-9-13(23)5-6-17(14)35-22(24)25/h4-12,22H,1-3H3,(H,28,33)/t12-/m0/s1. The van der Waals surface area contributed by atoms with Crippen molar-refractivity contribution in [2.24, 2.45) is 0 Å². The molecule has 0 spiro atoms. The maximum Gasteiger partial charge on any atom is 0.387 e. The fourth-order valence-corrected chi connectivity index (χ4v) is 3.60. The number of nitrogens with one attached hydrogen (secondary N) is 1. The number of carbonyl (C=O) groups is 2. The fourth-order valence-electron chi connectivity index (χ4n) is 3.43. The van der Waals surface area contributed by atoms with Crippen LogP contribution in [0.5, 0.6) is 5.75 Å². The molecule has 3 heterocycles. The number of likely N-dealkylation sites (N-methyl/N-ethyl adjacent to an activating group) is 1. The number of alkyl halides is 2. The first-order chi connectivity index (χ1) is 16.7. The lowest BCUT2D eigenvalue weighted by atomic mass is 10.1. The zero-order valence-electron chi connectivity index (χ0n) is 18.8. The van der Waals surface area contributed by atoms with Crippen LogP contribution in [-0.4, -0.2) is 61.8 Å². The van der Waals surface area contributed by atoms with Crippen LogP contribution in [0.3, 0.4) is 0 Å². The summed E-state index contributed by atoms with van der Waals surface area (Å²) in [5.41, 5.74) is 0.829. The van der Waals surface area contributed by atoms with Gasteiger partial charge in [-0.05, 0) is 31.2 Å². The quantitative estimate of drug-likeness (QED) is 0.411. The largest absolute Gasteiger partial charge is 0.434 e. The second-order valence-electron chi connectivity index (χ2n) is 7.70. The van der Waals surface area contributed by atoms with Gasteiger partial charge >= 0.3 is 6.61 Å². The van der Waals surface area contributed by atoms with E-state index in [0.29, 0.717) is 5.65 Å². The van der Waals surface area contributed by atoms with Crippen LogP contribution in [0.2, 0.25) is 5.02 Å². The van der Waals surface area contributed by atoms with Gasteiger partial charge in [-0.3, -0.25) is 14.3 Å². The van der Waals surface area contributed by atoms with E-state index in [1.807, 2.05) is 0 Å². The van der Waals surface area contributed by atoms with E-state index in [4.69, 9.17) is 11.6 Å². The topological polar surface area (TPSA) is 107 Å². The molecule has 3 aromatic heterocycles. The number of fused-ring (bicyclic) bond motifs is 1. The first-order valence-corrected chi connectivity index (χ1v) is 10.7. The van der Waals surface area contributed by atoms with Crippen molar-refractivity contribution in [3.63, 3.8) is 0 Å². The van der Waals surface area contributed by atoms with Crippen LogP contribution in [0.1, 0.15) is 23.3 Å². The Balaban J connectivity index is 1.81. The highest BCUT2D eigenvalue weighted by Gasteiger charge is 2.25. The van der Waals surface area contributed by atoms with Crippen molar-refractivity contribution in [2.45, 2.75) is 19.6 Å². The fraction of sp³-hybridized carbons (Fsp3) is 0.227. The Hall–Kier alpha value is -4.06. The summed E-state index contributed by atoms with van der Waals surface area (Å²) >= 11 is 6.12. The Morgan fingerprint density at radius 2 is 2.03 bits per heavy atom. The number of halogens is 3. The normalized spacial score (nSPS) is 12.1. The molecule has 0 unspecified atom stereocenters. The first kappa shape index (κ1) is 24.1. The maximum absolute atomic E-state index is 13.1. The number of ether oxygens (including phenoxy) is 1. The number of hydrogen-bond acceptors (Lipinski definition) is 6. The third-order valence-corrected chi connectivity index (χ3v) is 5.35. The molecule has 0 fully saturated rings. The molecule has 2 amide bonds. The van der Waals surface area contributed by atoms with Gasteiger partial charge in [0.2, 0.25) is 5.91 Å². The molecule has 10 nitrogen and oxygen atoms in total. The molecular weight excluding hydrogens is 484 g/mol. The Morgan fingerprint density at radius 1 is 1.26 bits per heavy atom. The first-order valence-electron chi connectivity index (χ1n) is 10.3. The molecule has 1 aromatic carbocycles. The zero-order valence-corrected chi connectivity index (χ0v) is 19.6. The van der Waals surface area contributed by atoms with E-state index in [1.165, 1.54) is 50.9 Å². The van der Waals surface area contributed by atoms with Gasteiger partial charge in [-0.1, -0.05) is 11.6 Å². The van der Waals surface area contributed by atoms with Gasteiger partial charge in [0.05, 0.1) is 18.1 Å². The van der Waals surface area contributed by atoms with Gasteiger partial charge in [0.25, 0.3) is 5.91 Å². The van der Waals surface area contributed by atoms with Crippen LogP contribution >= 0.6 is 11.6 Å². The van der Waals surface area contributed by atoms with Crippen LogP contribution < -0.4 is 10.1 Å². The summed E-state index contributed by atoms with van der Waals surface area (Å²) in [6.45, 7) is -1.48. The van der Waals surface area contributed by atoms with E-state index < -0.39 is 18.6 Å². The highest BCUT2D eigenvalue weighted by Crippen LogP contribution is 2.37. The molecule has 35 heavy (non-hydrogen) atoms. The molecule has 0 aliphatic carbocycles. The molecule has 1 N–H and O–H groups in total. The Bertz CT molecular complexity index is 1400. The molecule has 0 saturated heterocycles. The summed E-state index contributed by atoms with van der Waals surface area (Å²) in [5, 5.41) is 11.5. The number of anilines is 1. The van der Waals surface area contributed by atoms with E-state index in [0.717, 1.165) is 0 Å². The van der Waals surface area contributed by atoms with Gasteiger partial charge in [-0.2, -0.15) is 19.0 Å². The molecule has 1 atom stereocenters. The average Bonchev–Trinajstić information content (AvgIpc) is 3.43. The second-order valence-corrected chi connectivity index (χ2v) is 8.14. The number of rotatable bonds is 7. The molecule has 0 aliphatic heterocycles. The highest BCUT2D eigenvalue weighted by molar-refractivity contribution is 6.31. The molecule has 0 saturated carbocycles. The molecular formula is C22H20ClF2N7O3. The number of aromatic nitrogens is 5. The second kappa shape index (κ2) is 9.66. The summed E-state index contributed by atoms with van der Waals surface area (Å²) < 4.78 is 33.6. The predicted molar refractivity (Wildman–Crippen MR) is 124 cm³/mol. The van der Waals surface area contributed by atoms with E-state index >= 15 is 0 Å². The monoisotopic (exact) mass is 503 g/mol. The minimum Gasteiger partial charge on any atom is -0.434 e. The summed E-state index contributed by atoms with van der Waals surface area (Å²) in [4.78, 5) is 31.2. The van der Waals surface area contributed by atoms with Gasteiger partial charge in [-0.25, -0.2) is 9.50 Å². The van der Waals surface area contributed by atoms with Gasteiger partial charge in [0.1, 0.15) is 23.0 Å². The summed E-state index contributed by atoms with van der Waals surface area (Å²) in [7, 11) is 3.19. The molecule has 0 bridgehead atoms. The lowest BCUT2D eigenvalue weighted by Crippen LogP contribution is -2.30. The van der Waals surface area contributed by atoms with Gasteiger partial charge in [-0.15, -0.1) is 0 Å². The number of hydrogen-bond donors (Lipinski definition) is 1. The number of nitrogens with zero attached hydrogens (tertiary/aromatic N) is 6. The summed E-state index contributed by atoms with van der Waals surface area (Å²) in [6, 6.07) is 4.96. The summed E-state index contributed by atoms with van der Waals surface area (Å²) in [6.07, 6.45) is 5.94. The van der Waals surface area contributed by atoms with Crippen LogP contribution in [0.15, 0.2) is 49.1 Å². The van der Waals surface area contributed by atoms with E-state index in [1.54, 1.807) is 33.3 Å². The smallest absolute Gasteiger partial charge is 0.387 e. The third-order valence-electron chi connectivity index (χ3n) is 5.11. The number of benzene rings is 1. The van der Waals surface area contributed by atoms with E-state index in [-0.39, 0.29) is 39.2 Å². The van der Waals surface area contributed by atoms with Gasteiger partial charge < -0.3 is 15.0 Å². The third kappa shape index (κ3) is 4.92. The molecule has 182 valence electrons. The Morgan fingerprint density at radius 3 is 2.74 bits per heavy atom. The SMILES string of the molecule is C[C@@H](C(=O)N(C)C)n1cc(NC(=O)c2cnn3cccnc23)c(-c2cc(Cl)ccc2OC(F)F)n1. The van der Waals surface area contributed by atoms with E-state index in [2.05, 4.69) is 25.2 Å². The molecule has 0 aliphatic rings. The zero-order chi connectivity index (χ0) is 25.3. The molecule has 4 aromatic rings. The maximum atomic E-state index is 13.1. The van der Waals surface area contributed by atoms with Crippen molar-refractivity contribution >= 4 is 34.7 Å². The van der Waals surface area contributed by atoms with Crippen molar-refractivity contribution in [2.75, 3.05) is 19.4 Å². The van der Waals surface area contributed by atoms with Gasteiger partial charge in [0, 0.05) is 37.1 Å².